The van der Waals surface area contributed by atoms with Gasteiger partial charge >= 0.3 is 18.0 Å². The average Bonchev–Trinajstić information content (AvgIpc) is 3.82. The van der Waals surface area contributed by atoms with Gasteiger partial charge in [0.05, 0.1) is 28.0 Å². The van der Waals surface area contributed by atoms with Crippen molar-refractivity contribution in [3.63, 3.8) is 0 Å². The number of aromatic carboxylic acids is 1. The minimum Gasteiger partial charge on any atom is -0.479 e. The lowest BCUT2D eigenvalue weighted by atomic mass is 9.89. The molecule has 3 fully saturated rings. The number of benzene rings is 3. The molecule has 0 spiro atoms. The Kier molecular flexibility index (Phi) is 12.9. The number of rotatable bonds is 13. The Bertz CT molecular complexity index is 2800. The van der Waals surface area contributed by atoms with Crippen LogP contribution >= 0.6 is 22.9 Å². The van der Waals surface area contributed by atoms with Crippen LogP contribution in [0.4, 0.5) is 16.2 Å². The number of carbonyl (C=O) groups is 5. The van der Waals surface area contributed by atoms with Gasteiger partial charge in [0.2, 0.25) is 21.8 Å². The highest BCUT2D eigenvalue weighted by Crippen LogP contribution is 2.46. The van der Waals surface area contributed by atoms with Gasteiger partial charge in [0.25, 0.3) is 0 Å². The van der Waals surface area contributed by atoms with E-state index in [0.29, 0.717) is 59.7 Å². The first-order valence-electron chi connectivity index (χ1n) is 21.2. The number of piperidine rings is 3. The maximum atomic E-state index is 14.0. The molecule has 2 aromatic heterocycles. The smallest absolute Gasteiger partial charge is 0.349 e. The molecule has 4 amide bonds. The Morgan fingerprint density at radius 3 is 2.45 bits per heavy atom. The van der Waals surface area contributed by atoms with Gasteiger partial charge in [-0.3, -0.25) is 14.9 Å². The maximum Gasteiger partial charge on any atom is 0.349 e. The van der Waals surface area contributed by atoms with Gasteiger partial charge in [-0.2, -0.15) is 4.31 Å². The zero-order chi connectivity index (χ0) is 46.2. The lowest BCUT2D eigenvalue weighted by Crippen LogP contribution is -2.55. The SMILES string of the molecule is CC1(C)C[C@@H](Nc2cccc(-c3sc(C(=O)O)c(OCC(=O)O)c3Cl)c2)CCN1S(=O)(=O)Cc1cccc(NC(=O)N2CCC(c3ccc4c(c3)ncn4C3CCC(=O)NC3=O)CC2)c1. The van der Waals surface area contributed by atoms with E-state index in [-0.39, 0.29) is 64.2 Å². The first-order valence-corrected chi connectivity index (χ1v) is 24.0. The summed E-state index contributed by atoms with van der Waals surface area (Å²) in [6, 6.07) is 19.3. The summed E-state index contributed by atoms with van der Waals surface area (Å²) in [5.74, 6) is -3.39. The van der Waals surface area contributed by atoms with E-state index in [4.69, 9.17) is 21.4 Å². The summed E-state index contributed by atoms with van der Waals surface area (Å²) >= 11 is 7.40. The molecular formula is C45H48ClN7O10S2. The van der Waals surface area contributed by atoms with Gasteiger partial charge < -0.3 is 35.1 Å². The molecule has 3 saturated heterocycles. The second-order valence-electron chi connectivity index (χ2n) is 17.2. The van der Waals surface area contributed by atoms with E-state index >= 15 is 0 Å². The number of anilines is 2. The first-order chi connectivity index (χ1) is 31.0. The summed E-state index contributed by atoms with van der Waals surface area (Å²) in [6.07, 6.45) is 4.84. The third-order valence-corrected chi connectivity index (χ3v) is 15.9. The van der Waals surface area contributed by atoms with Crippen molar-refractivity contribution >= 4 is 85.2 Å². The van der Waals surface area contributed by atoms with E-state index in [1.165, 1.54) is 0 Å². The summed E-state index contributed by atoms with van der Waals surface area (Å²) < 4.78 is 36.6. The maximum absolute atomic E-state index is 14.0. The number of urea groups is 1. The van der Waals surface area contributed by atoms with Gasteiger partial charge in [0, 0.05) is 49.0 Å². The van der Waals surface area contributed by atoms with Crippen molar-refractivity contribution in [3.05, 3.63) is 94.1 Å². The van der Waals surface area contributed by atoms with Crippen LogP contribution in [-0.4, -0.2) is 105 Å². The number of sulfonamides is 1. The van der Waals surface area contributed by atoms with Crippen molar-refractivity contribution < 1.29 is 47.3 Å². The second kappa shape index (κ2) is 18.5. The van der Waals surface area contributed by atoms with E-state index in [9.17, 15) is 37.5 Å². The van der Waals surface area contributed by atoms with Crippen molar-refractivity contribution in [2.24, 2.45) is 0 Å². The van der Waals surface area contributed by atoms with E-state index in [1.807, 2.05) is 42.7 Å². The number of halogens is 1. The Balaban J connectivity index is 0.846. The number of nitrogens with one attached hydrogen (secondary N) is 3. The highest BCUT2D eigenvalue weighted by molar-refractivity contribution is 7.88. The highest BCUT2D eigenvalue weighted by Gasteiger charge is 2.42. The van der Waals surface area contributed by atoms with Crippen LogP contribution in [0.25, 0.3) is 21.5 Å². The Labute approximate surface area is 383 Å². The van der Waals surface area contributed by atoms with Gasteiger partial charge in [0.15, 0.2) is 17.2 Å². The van der Waals surface area contributed by atoms with Crippen LogP contribution in [0, 0.1) is 0 Å². The number of carbonyl (C=O) groups excluding carboxylic acids is 3. The number of hydrogen-bond donors (Lipinski definition) is 5. The minimum absolute atomic E-state index is 0.00226. The molecule has 3 aromatic carbocycles. The zero-order valence-electron chi connectivity index (χ0n) is 35.6. The lowest BCUT2D eigenvalue weighted by molar-refractivity contribution is -0.139. The number of hydrogen-bond acceptors (Lipinski definition) is 11. The third-order valence-electron chi connectivity index (χ3n) is 12.2. The third kappa shape index (κ3) is 9.97. The summed E-state index contributed by atoms with van der Waals surface area (Å²) in [5.41, 5.74) is 4.30. The summed E-state index contributed by atoms with van der Waals surface area (Å²) in [7, 11) is -3.79. The molecule has 5 heterocycles. The number of ether oxygens (including phenoxy) is 1. The molecule has 17 nitrogen and oxygen atoms in total. The number of fused-ring (bicyclic) bond motifs is 1. The van der Waals surface area contributed by atoms with Gasteiger partial charge in [-0.15, -0.1) is 11.3 Å². The molecule has 20 heteroatoms. The van der Waals surface area contributed by atoms with Gasteiger partial charge in [-0.1, -0.05) is 41.9 Å². The van der Waals surface area contributed by atoms with Crippen LogP contribution in [0.5, 0.6) is 5.75 Å². The number of amides is 4. The fourth-order valence-corrected chi connectivity index (χ4v) is 12.5. The Morgan fingerprint density at radius 2 is 1.72 bits per heavy atom. The molecule has 3 aliphatic heterocycles. The van der Waals surface area contributed by atoms with E-state index in [0.717, 1.165) is 40.8 Å². The molecule has 5 aromatic rings. The minimum atomic E-state index is -3.79. The van der Waals surface area contributed by atoms with Crippen molar-refractivity contribution in [1.29, 1.82) is 0 Å². The normalized spacial score (nSPS) is 19.5. The van der Waals surface area contributed by atoms with Crippen LogP contribution in [0.15, 0.2) is 73.1 Å². The monoisotopic (exact) mass is 945 g/mol. The van der Waals surface area contributed by atoms with E-state index in [2.05, 4.69) is 20.9 Å². The van der Waals surface area contributed by atoms with Crippen molar-refractivity contribution in [2.45, 2.75) is 81.7 Å². The molecule has 0 radical (unpaired) electrons. The number of nitrogens with zero attached hydrogens (tertiary/aromatic N) is 4. The van der Waals surface area contributed by atoms with Crippen molar-refractivity contribution in [2.75, 3.05) is 36.9 Å². The molecule has 2 atom stereocenters. The molecule has 1 unspecified atom stereocenters. The molecule has 0 saturated carbocycles. The number of likely N-dealkylation sites (tertiary alicyclic amines) is 1. The number of imidazole rings is 1. The number of aliphatic carboxylic acids is 1. The van der Waals surface area contributed by atoms with Crippen LogP contribution in [0.1, 0.15) is 85.1 Å². The molecule has 8 rings (SSSR count). The standard InChI is InChI=1S/C45H48ClN7O10S2/c1-45(2)22-32(48-31-8-4-6-29(20-31)40-38(46)39(63-23-37(55)56)41(64-40)43(58)59)15-18-53(45)65(61,62)24-26-5-3-7-30(19-26)49-44(60)51-16-13-27(14-17-51)28-9-10-34-33(21-28)47-25-52(34)35-11-12-36(54)50-42(35)57/h3-10,19-21,25,27,32,35,48H,11-18,22-24H2,1-2H3,(H,49,60)(H,55,56)(H,58,59)(H,50,54,57)/t32-,35?/m0/s1. The number of imide groups is 1. The molecule has 3 aliphatic rings. The van der Waals surface area contributed by atoms with Crippen molar-refractivity contribution in [3.8, 4) is 16.2 Å². The number of aromatic nitrogens is 2. The van der Waals surface area contributed by atoms with E-state index < -0.39 is 40.1 Å². The Morgan fingerprint density at radius 1 is 0.969 bits per heavy atom. The Hall–Kier alpha value is -6.02. The predicted octanol–water partition coefficient (Wildman–Crippen LogP) is 7.15. The van der Waals surface area contributed by atoms with Crippen LogP contribution in [0.2, 0.25) is 5.02 Å². The van der Waals surface area contributed by atoms with Gasteiger partial charge in [-0.25, -0.2) is 27.8 Å². The van der Waals surface area contributed by atoms with Gasteiger partial charge in [-0.05, 0) is 105 Å². The number of carboxylic acid groups (broad SMARTS) is 2. The van der Waals surface area contributed by atoms with Crippen molar-refractivity contribution in [1.82, 2.24) is 24.1 Å². The molecular weight excluding hydrogens is 898 g/mol. The highest BCUT2D eigenvalue weighted by atomic mass is 35.5. The summed E-state index contributed by atoms with van der Waals surface area (Å²) in [6.45, 7) is 4.36. The summed E-state index contributed by atoms with van der Waals surface area (Å²) in [4.78, 5) is 67.0. The molecule has 0 aliphatic carbocycles. The average molecular weight is 947 g/mol. The topological polar surface area (TPSA) is 230 Å². The van der Waals surface area contributed by atoms with Gasteiger partial charge in [0.1, 0.15) is 11.1 Å². The molecule has 5 N–H and O–H groups in total. The number of thiophene rings is 1. The van der Waals surface area contributed by atoms with E-state index in [1.54, 1.807) is 58.0 Å². The number of carboxylic acids is 2. The van der Waals surface area contributed by atoms with Crippen LogP contribution in [-0.2, 0) is 30.2 Å². The molecule has 0 bridgehead atoms. The predicted molar refractivity (Wildman–Crippen MR) is 245 cm³/mol. The van der Waals surface area contributed by atoms with Crippen LogP contribution < -0.4 is 20.7 Å². The largest absolute Gasteiger partial charge is 0.479 e. The molecule has 65 heavy (non-hydrogen) atoms. The zero-order valence-corrected chi connectivity index (χ0v) is 38.0. The van der Waals surface area contributed by atoms with Crippen LogP contribution in [0.3, 0.4) is 0 Å². The molecule has 342 valence electrons. The first kappa shape index (κ1) is 45.5. The summed E-state index contributed by atoms with van der Waals surface area (Å²) in [5, 5.41) is 27.6. The second-order valence-corrected chi connectivity index (χ2v) is 20.5. The fraction of sp³-hybridized carbons (Fsp3) is 0.378. The quantitative estimate of drug-likeness (QED) is 0.0741. The lowest BCUT2D eigenvalue weighted by Gasteiger charge is -2.45. The fourth-order valence-electron chi connectivity index (χ4n) is 9.14.